The number of benzene rings is 2. The number of Topliss-reactive ketones (excluding diaryl/α,β-unsaturated/α-hetero) is 1. The van der Waals surface area contributed by atoms with Crippen LogP contribution in [-0.2, 0) is 16.1 Å². The van der Waals surface area contributed by atoms with Crippen LogP contribution in [0.25, 0.3) is 0 Å². The van der Waals surface area contributed by atoms with Crippen molar-refractivity contribution in [3.05, 3.63) is 65.7 Å². The average molecular weight is 338 g/mol. The van der Waals surface area contributed by atoms with Crippen LogP contribution < -0.4 is 10.2 Å². The number of nitrogens with zero attached hydrogens (tertiary/aromatic N) is 1. The lowest BCUT2D eigenvalue weighted by atomic mass is 10.1. The zero-order valence-electron chi connectivity index (χ0n) is 14.1. The lowest BCUT2D eigenvalue weighted by Gasteiger charge is -2.28. The first kappa shape index (κ1) is 17.2. The molecule has 25 heavy (non-hydrogen) atoms. The molecule has 1 aliphatic heterocycles. The van der Waals surface area contributed by atoms with Gasteiger partial charge in [-0.15, -0.1) is 0 Å². The number of ether oxygens (including phenoxy) is 1. The number of rotatable bonds is 6. The fraction of sp³-hybridized carbons (Fsp3) is 0.300. The van der Waals surface area contributed by atoms with E-state index in [9.17, 15) is 9.59 Å². The van der Waals surface area contributed by atoms with Crippen molar-refractivity contribution in [1.82, 2.24) is 5.32 Å². The van der Waals surface area contributed by atoms with E-state index in [0.717, 1.165) is 37.6 Å². The van der Waals surface area contributed by atoms with Crippen molar-refractivity contribution in [2.75, 3.05) is 31.2 Å². The molecular weight excluding hydrogens is 316 g/mol. The molecule has 1 heterocycles. The van der Waals surface area contributed by atoms with Crippen LogP contribution in [0.15, 0.2) is 54.6 Å². The molecule has 2 aromatic carbocycles. The van der Waals surface area contributed by atoms with Crippen molar-refractivity contribution in [3.8, 4) is 0 Å². The molecule has 1 N–H and O–H groups in total. The Kier molecular flexibility index (Phi) is 5.80. The Morgan fingerprint density at radius 1 is 0.960 bits per heavy atom. The Morgan fingerprint density at radius 3 is 2.32 bits per heavy atom. The molecule has 5 nitrogen and oxygen atoms in total. The number of ketones is 1. The Labute approximate surface area is 147 Å². The molecule has 0 aliphatic carbocycles. The van der Waals surface area contributed by atoms with Crippen molar-refractivity contribution < 1.29 is 14.3 Å². The summed E-state index contributed by atoms with van der Waals surface area (Å²) in [5, 5.41) is 2.78. The Bertz CT molecular complexity index is 707. The smallest absolute Gasteiger partial charge is 0.228 e. The lowest BCUT2D eigenvalue weighted by molar-refractivity contribution is -0.120. The number of hydrogen-bond acceptors (Lipinski definition) is 4. The van der Waals surface area contributed by atoms with E-state index >= 15 is 0 Å². The monoisotopic (exact) mass is 338 g/mol. The molecule has 3 rings (SSSR count). The van der Waals surface area contributed by atoms with E-state index in [2.05, 4.69) is 10.2 Å². The Morgan fingerprint density at radius 2 is 1.64 bits per heavy atom. The summed E-state index contributed by atoms with van der Waals surface area (Å²) in [4.78, 5) is 26.4. The number of carbonyl (C=O) groups excluding carboxylic acids is 2. The second-order valence-corrected chi connectivity index (χ2v) is 6.01. The van der Waals surface area contributed by atoms with E-state index in [0.29, 0.717) is 12.1 Å². The number of carbonyl (C=O) groups is 2. The van der Waals surface area contributed by atoms with Crippen LogP contribution in [0.1, 0.15) is 22.3 Å². The molecule has 1 fully saturated rings. The molecule has 130 valence electrons. The maximum absolute atomic E-state index is 12.3. The zero-order valence-corrected chi connectivity index (χ0v) is 14.1. The van der Waals surface area contributed by atoms with E-state index < -0.39 is 0 Å². The normalized spacial score (nSPS) is 14.2. The summed E-state index contributed by atoms with van der Waals surface area (Å²) in [5.74, 6) is -0.426. The standard InChI is InChI=1S/C20H22N2O3/c23-19(14-20(24)21-15-16-4-2-1-3-5-16)17-6-8-18(9-7-17)22-10-12-25-13-11-22/h1-9H,10-15H2,(H,21,24). The SMILES string of the molecule is O=C(CC(=O)c1ccc(N2CCOCC2)cc1)NCc1ccccc1. The molecule has 1 saturated heterocycles. The van der Waals surface area contributed by atoms with Crippen molar-refractivity contribution in [2.45, 2.75) is 13.0 Å². The largest absolute Gasteiger partial charge is 0.378 e. The summed E-state index contributed by atoms with van der Waals surface area (Å²) < 4.78 is 5.34. The van der Waals surface area contributed by atoms with Gasteiger partial charge in [0.25, 0.3) is 0 Å². The summed E-state index contributed by atoms with van der Waals surface area (Å²) in [6.45, 7) is 3.60. The molecule has 1 amide bonds. The summed E-state index contributed by atoms with van der Waals surface area (Å²) in [5.41, 5.74) is 2.65. The molecule has 1 aliphatic rings. The van der Waals surface area contributed by atoms with Gasteiger partial charge in [-0.05, 0) is 29.8 Å². The molecular formula is C20H22N2O3. The highest BCUT2D eigenvalue weighted by Gasteiger charge is 2.14. The van der Waals surface area contributed by atoms with Gasteiger partial charge in [0.15, 0.2) is 5.78 Å². The molecule has 0 radical (unpaired) electrons. The lowest BCUT2D eigenvalue weighted by Crippen LogP contribution is -2.36. The van der Waals surface area contributed by atoms with E-state index in [1.54, 1.807) is 12.1 Å². The Balaban J connectivity index is 1.51. The minimum Gasteiger partial charge on any atom is -0.378 e. The molecule has 0 atom stereocenters. The van der Waals surface area contributed by atoms with Crippen molar-refractivity contribution in [2.24, 2.45) is 0 Å². The number of morpholine rings is 1. The second kappa shape index (κ2) is 8.44. The molecule has 2 aromatic rings. The second-order valence-electron chi connectivity index (χ2n) is 6.01. The highest BCUT2D eigenvalue weighted by Crippen LogP contribution is 2.17. The van der Waals surface area contributed by atoms with Gasteiger partial charge in [0, 0.05) is 30.9 Å². The van der Waals surface area contributed by atoms with Crippen LogP contribution in [0, 0.1) is 0 Å². The number of anilines is 1. The predicted molar refractivity (Wildman–Crippen MR) is 96.7 cm³/mol. The fourth-order valence-corrected chi connectivity index (χ4v) is 2.79. The third-order valence-corrected chi connectivity index (χ3v) is 4.22. The minimum atomic E-state index is -0.258. The zero-order chi connectivity index (χ0) is 17.5. The quantitative estimate of drug-likeness (QED) is 0.649. The van der Waals surface area contributed by atoms with Gasteiger partial charge in [-0.2, -0.15) is 0 Å². The maximum atomic E-state index is 12.3. The highest BCUT2D eigenvalue weighted by atomic mass is 16.5. The molecule has 0 aromatic heterocycles. The topological polar surface area (TPSA) is 58.6 Å². The molecule has 0 saturated carbocycles. The third kappa shape index (κ3) is 4.90. The third-order valence-electron chi connectivity index (χ3n) is 4.22. The fourth-order valence-electron chi connectivity index (χ4n) is 2.79. The van der Waals surface area contributed by atoms with Crippen LogP contribution in [0.4, 0.5) is 5.69 Å². The number of amides is 1. The van der Waals surface area contributed by atoms with Gasteiger partial charge in [-0.3, -0.25) is 9.59 Å². The Hall–Kier alpha value is -2.66. The van der Waals surface area contributed by atoms with Gasteiger partial charge < -0.3 is 15.0 Å². The molecule has 5 heteroatoms. The van der Waals surface area contributed by atoms with Crippen LogP contribution in [0.5, 0.6) is 0 Å². The highest BCUT2D eigenvalue weighted by molar-refractivity contribution is 6.07. The predicted octanol–water partition coefficient (Wildman–Crippen LogP) is 2.41. The van der Waals surface area contributed by atoms with Crippen LogP contribution in [0.2, 0.25) is 0 Å². The van der Waals surface area contributed by atoms with Gasteiger partial charge >= 0.3 is 0 Å². The summed E-state index contributed by atoms with van der Waals surface area (Å²) >= 11 is 0. The van der Waals surface area contributed by atoms with Gasteiger partial charge in [0.1, 0.15) is 0 Å². The molecule has 0 bridgehead atoms. The molecule has 0 spiro atoms. The maximum Gasteiger partial charge on any atom is 0.228 e. The first-order valence-corrected chi connectivity index (χ1v) is 8.49. The van der Waals surface area contributed by atoms with Gasteiger partial charge in [-0.25, -0.2) is 0 Å². The van der Waals surface area contributed by atoms with Gasteiger partial charge in [0.05, 0.1) is 19.6 Å². The first-order chi connectivity index (χ1) is 12.2. The van der Waals surface area contributed by atoms with Gasteiger partial charge in [0.2, 0.25) is 5.91 Å². The van der Waals surface area contributed by atoms with Crippen LogP contribution in [0.3, 0.4) is 0 Å². The van der Waals surface area contributed by atoms with E-state index in [-0.39, 0.29) is 18.1 Å². The van der Waals surface area contributed by atoms with Crippen molar-refractivity contribution in [3.63, 3.8) is 0 Å². The minimum absolute atomic E-state index is 0.135. The first-order valence-electron chi connectivity index (χ1n) is 8.49. The van der Waals surface area contributed by atoms with Crippen molar-refractivity contribution >= 4 is 17.4 Å². The summed E-state index contributed by atoms with van der Waals surface area (Å²) in [7, 11) is 0. The van der Waals surface area contributed by atoms with E-state index in [4.69, 9.17) is 4.74 Å². The number of hydrogen-bond donors (Lipinski definition) is 1. The average Bonchev–Trinajstić information content (AvgIpc) is 2.68. The summed E-state index contributed by atoms with van der Waals surface area (Å²) in [6.07, 6.45) is -0.135. The van der Waals surface area contributed by atoms with E-state index in [1.807, 2.05) is 42.5 Å². The summed E-state index contributed by atoms with van der Waals surface area (Å²) in [6, 6.07) is 17.1. The van der Waals surface area contributed by atoms with Gasteiger partial charge in [-0.1, -0.05) is 30.3 Å². The molecule has 0 unspecified atom stereocenters. The van der Waals surface area contributed by atoms with Crippen LogP contribution in [-0.4, -0.2) is 38.0 Å². The van der Waals surface area contributed by atoms with E-state index in [1.165, 1.54) is 0 Å². The number of nitrogens with one attached hydrogen (secondary N) is 1. The van der Waals surface area contributed by atoms with Crippen molar-refractivity contribution in [1.29, 1.82) is 0 Å². The van der Waals surface area contributed by atoms with Crippen LogP contribution >= 0.6 is 0 Å².